The quantitative estimate of drug-likeness (QED) is 0.844. The van der Waals surface area contributed by atoms with E-state index in [2.05, 4.69) is 15.5 Å². The molecule has 0 saturated carbocycles. The lowest BCUT2D eigenvalue weighted by atomic mass is 9.98. The van der Waals surface area contributed by atoms with Crippen LogP contribution in [0, 0.1) is 13.8 Å². The summed E-state index contributed by atoms with van der Waals surface area (Å²) in [6, 6.07) is 3.95. The molecule has 1 saturated heterocycles. The van der Waals surface area contributed by atoms with E-state index in [0.29, 0.717) is 23.8 Å². The third-order valence-corrected chi connectivity index (χ3v) is 4.71. The Kier molecular flexibility index (Phi) is 5.67. The summed E-state index contributed by atoms with van der Waals surface area (Å²) in [5.41, 5.74) is 1.56. The maximum absolute atomic E-state index is 12.9. The standard InChI is InChI=1S/C19H22F3N3O2/c1-11-7-13(19(20,21)22)9-16(26)17(11)18-12(2)8-15(24-25-18)10-23-14-3-5-27-6-4-14/h7-9,14,23,26H,3-6,10H2,1-2H3. The first-order valence-electron chi connectivity index (χ1n) is 8.81. The van der Waals surface area contributed by atoms with Gasteiger partial charge >= 0.3 is 6.18 Å². The molecule has 1 aromatic heterocycles. The topological polar surface area (TPSA) is 67.3 Å². The van der Waals surface area contributed by atoms with Crippen LogP contribution < -0.4 is 5.32 Å². The number of aromatic hydroxyl groups is 1. The Labute approximate surface area is 155 Å². The zero-order chi connectivity index (χ0) is 19.6. The summed E-state index contributed by atoms with van der Waals surface area (Å²) >= 11 is 0. The molecule has 0 amide bonds. The maximum atomic E-state index is 12.9. The number of nitrogens with zero attached hydrogens (tertiary/aromatic N) is 2. The lowest BCUT2D eigenvalue weighted by molar-refractivity contribution is -0.137. The molecular weight excluding hydrogens is 359 g/mol. The van der Waals surface area contributed by atoms with E-state index in [1.54, 1.807) is 6.92 Å². The molecule has 1 aromatic carbocycles. The summed E-state index contributed by atoms with van der Waals surface area (Å²) in [6.07, 6.45) is -2.62. The molecule has 2 N–H and O–H groups in total. The zero-order valence-corrected chi connectivity index (χ0v) is 15.2. The molecule has 0 bridgehead atoms. The number of phenolic OH excluding ortho intramolecular Hbond substituents is 1. The summed E-state index contributed by atoms with van der Waals surface area (Å²) in [4.78, 5) is 0. The number of phenols is 1. The van der Waals surface area contributed by atoms with Crippen LogP contribution >= 0.6 is 0 Å². The van der Waals surface area contributed by atoms with Gasteiger partial charge in [0.2, 0.25) is 0 Å². The first-order valence-corrected chi connectivity index (χ1v) is 8.81. The smallest absolute Gasteiger partial charge is 0.416 e. The minimum Gasteiger partial charge on any atom is -0.507 e. The number of nitrogens with one attached hydrogen (secondary N) is 1. The van der Waals surface area contributed by atoms with Crippen molar-refractivity contribution < 1.29 is 23.0 Å². The molecule has 0 unspecified atom stereocenters. The fourth-order valence-electron chi connectivity index (χ4n) is 3.26. The van der Waals surface area contributed by atoms with Gasteiger partial charge in [0, 0.05) is 31.4 Å². The third-order valence-electron chi connectivity index (χ3n) is 4.71. The van der Waals surface area contributed by atoms with Crippen LogP contribution in [0.15, 0.2) is 18.2 Å². The lowest BCUT2D eigenvalue weighted by Crippen LogP contribution is -2.34. The van der Waals surface area contributed by atoms with Gasteiger partial charge in [0.05, 0.1) is 17.0 Å². The van der Waals surface area contributed by atoms with E-state index in [1.165, 1.54) is 6.92 Å². The Balaban J connectivity index is 1.81. The third kappa shape index (κ3) is 4.56. The highest BCUT2D eigenvalue weighted by molar-refractivity contribution is 5.73. The molecule has 1 fully saturated rings. The van der Waals surface area contributed by atoms with E-state index in [-0.39, 0.29) is 5.56 Å². The normalized spacial score (nSPS) is 15.9. The number of halogens is 3. The van der Waals surface area contributed by atoms with Crippen molar-refractivity contribution in [3.63, 3.8) is 0 Å². The van der Waals surface area contributed by atoms with Crippen LogP contribution in [0.25, 0.3) is 11.3 Å². The van der Waals surface area contributed by atoms with Gasteiger partial charge in [-0.25, -0.2) is 0 Å². The second-order valence-electron chi connectivity index (χ2n) is 6.82. The fraction of sp³-hybridized carbons (Fsp3) is 0.474. The molecule has 1 aliphatic heterocycles. The van der Waals surface area contributed by atoms with Gasteiger partial charge in [-0.05, 0) is 56.0 Å². The molecule has 1 aliphatic rings. The number of aryl methyl sites for hydroxylation is 2. The molecule has 0 atom stereocenters. The van der Waals surface area contributed by atoms with Crippen molar-refractivity contribution in [1.82, 2.24) is 15.5 Å². The zero-order valence-electron chi connectivity index (χ0n) is 15.2. The molecule has 146 valence electrons. The van der Waals surface area contributed by atoms with Gasteiger partial charge in [-0.3, -0.25) is 0 Å². The minimum absolute atomic E-state index is 0.275. The van der Waals surface area contributed by atoms with Crippen molar-refractivity contribution >= 4 is 0 Å². The summed E-state index contributed by atoms with van der Waals surface area (Å²) in [7, 11) is 0. The van der Waals surface area contributed by atoms with Gasteiger partial charge in [0.15, 0.2) is 0 Å². The average Bonchev–Trinajstić information content (AvgIpc) is 2.61. The number of aromatic nitrogens is 2. The van der Waals surface area contributed by atoms with Crippen LogP contribution in [0.4, 0.5) is 13.2 Å². The van der Waals surface area contributed by atoms with E-state index in [9.17, 15) is 18.3 Å². The van der Waals surface area contributed by atoms with Crippen molar-refractivity contribution in [2.75, 3.05) is 13.2 Å². The monoisotopic (exact) mass is 381 g/mol. The maximum Gasteiger partial charge on any atom is 0.416 e. The first kappa shape index (κ1) is 19.6. The molecule has 0 spiro atoms. The van der Waals surface area contributed by atoms with Crippen LogP contribution in [0.1, 0.15) is 35.2 Å². The molecule has 2 heterocycles. The van der Waals surface area contributed by atoms with Crippen molar-refractivity contribution in [3.05, 3.63) is 40.6 Å². The number of hydrogen-bond acceptors (Lipinski definition) is 5. The van der Waals surface area contributed by atoms with Crippen LogP contribution in [-0.4, -0.2) is 34.6 Å². The Morgan fingerprint density at radius 3 is 2.41 bits per heavy atom. The summed E-state index contributed by atoms with van der Waals surface area (Å²) in [5.74, 6) is -0.451. The molecule has 0 radical (unpaired) electrons. The van der Waals surface area contributed by atoms with Crippen LogP contribution in [0.2, 0.25) is 0 Å². The summed E-state index contributed by atoms with van der Waals surface area (Å²) < 4.78 is 44.0. The van der Waals surface area contributed by atoms with Gasteiger partial charge in [-0.2, -0.15) is 18.3 Å². The van der Waals surface area contributed by atoms with Gasteiger partial charge in [-0.1, -0.05) is 0 Å². The Morgan fingerprint density at radius 2 is 1.81 bits per heavy atom. The lowest BCUT2D eigenvalue weighted by Gasteiger charge is -2.23. The molecular formula is C19H22F3N3O2. The van der Waals surface area contributed by atoms with Crippen molar-refractivity contribution in [3.8, 4) is 17.0 Å². The van der Waals surface area contributed by atoms with Gasteiger partial charge < -0.3 is 15.2 Å². The van der Waals surface area contributed by atoms with E-state index in [1.807, 2.05) is 6.07 Å². The molecule has 2 aromatic rings. The van der Waals surface area contributed by atoms with Crippen LogP contribution in [-0.2, 0) is 17.5 Å². The van der Waals surface area contributed by atoms with E-state index in [4.69, 9.17) is 4.74 Å². The Morgan fingerprint density at radius 1 is 1.11 bits per heavy atom. The molecule has 0 aliphatic carbocycles. The predicted octanol–water partition coefficient (Wildman–Crippen LogP) is 3.75. The van der Waals surface area contributed by atoms with Gasteiger partial charge in [0.25, 0.3) is 0 Å². The fourth-order valence-corrected chi connectivity index (χ4v) is 3.26. The van der Waals surface area contributed by atoms with Crippen LogP contribution in [0.3, 0.4) is 0 Å². The largest absolute Gasteiger partial charge is 0.507 e. The second kappa shape index (κ2) is 7.82. The highest BCUT2D eigenvalue weighted by Gasteiger charge is 2.32. The SMILES string of the molecule is Cc1cc(CNC2CCOCC2)nnc1-c1c(C)cc(C(F)(F)F)cc1O. The van der Waals surface area contributed by atoms with E-state index in [0.717, 1.165) is 49.4 Å². The van der Waals surface area contributed by atoms with Crippen LogP contribution in [0.5, 0.6) is 5.75 Å². The highest BCUT2D eigenvalue weighted by Crippen LogP contribution is 2.39. The summed E-state index contributed by atoms with van der Waals surface area (Å²) in [5, 5.41) is 21.9. The van der Waals surface area contributed by atoms with Gasteiger partial charge in [0.1, 0.15) is 5.75 Å². The number of rotatable bonds is 4. The van der Waals surface area contributed by atoms with Crippen molar-refractivity contribution in [1.29, 1.82) is 0 Å². The van der Waals surface area contributed by atoms with E-state index < -0.39 is 17.5 Å². The molecule has 27 heavy (non-hydrogen) atoms. The second-order valence-corrected chi connectivity index (χ2v) is 6.82. The highest BCUT2D eigenvalue weighted by atomic mass is 19.4. The number of alkyl halides is 3. The Hall–Kier alpha value is -2.19. The van der Waals surface area contributed by atoms with Crippen molar-refractivity contribution in [2.45, 2.75) is 45.5 Å². The Bertz CT molecular complexity index is 795. The summed E-state index contributed by atoms with van der Waals surface area (Å²) in [6.45, 7) is 5.36. The van der Waals surface area contributed by atoms with E-state index >= 15 is 0 Å². The van der Waals surface area contributed by atoms with Crippen molar-refractivity contribution in [2.24, 2.45) is 0 Å². The molecule has 5 nitrogen and oxygen atoms in total. The molecule has 8 heteroatoms. The molecule has 3 rings (SSSR count). The minimum atomic E-state index is -4.51. The number of benzene rings is 1. The number of ether oxygens (including phenoxy) is 1. The number of hydrogen-bond donors (Lipinski definition) is 2. The predicted molar refractivity (Wildman–Crippen MR) is 94.3 cm³/mol. The average molecular weight is 381 g/mol. The van der Waals surface area contributed by atoms with Gasteiger partial charge in [-0.15, -0.1) is 5.10 Å². The first-order chi connectivity index (χ1) is 12.8.